The zero-order chi connectivity index (χ0) is 24.6. The summed E-state index contributed by atoms with van der Waals surface area (Å²) in [6.45, 7) is 6.27. The Morgan fingerprint density at radius 2 is 1.86 bits per heavy atom. The molecule has 0 spiro atoms. The number of carbonyl (C=O) groups is 1. The molecule has 0 bridgehead atoms. The molecule has 0 fully saturated rings. The minimum absolute atomic E-state index is 0.318. The van der Waals surface area contributed by atoms with Gasteiger partial charge < -0.3 is 9.47 Å². The van der Waals surface area contributed by atoms with Crippen molar-refractivity contribution >= 4 is 23.0 Å². The second-order valence-electron chi connectivity index (χ2n) is 7.77. The first-order chi connectivity index (χ1) is 17.1. The number of hydrogen-bond acceptors (Lipinski definition) is 5. The Bertz CT molecular complexity index is 1380. The normalized spacial score (nSPS) is 10.9. The van der Waals surface area contributed by atoms with E-state index in [1.807, 2.05) is 73.7 Å². The summed E-state index contributed by atoms with van der Waals surface area (Å²) in [6.07, 6.45) is 4.01. The van der Waals surface area contributed by atoms with Gasteiger partial charge in [-0.1, -0.05) is 54.6 Å². The van der Waals surface area contributed by atoms with Crippen LogP contribution < -0.4 is 14.9 Å². The molecule has 1 heterocycles. The molecule has 0 radical (unpaired) electrons. The van der Waals surface area contributed by atoms with Crippen molar-refractivity contribution in [2.75, 3.05) is 13.7 Å². The number of nitrogens with one attached hydrogen (secondary N) is 1. The highest BCUT2D eigenvalue weighted by Crippen LogP contribution is 2.33. The first-order valence-corrected chi connectivity index (χ1v) is 11.4. The summed E-state index contributed by atoms with van der Waals surface area (Å²) in [4.78, 5) is 17.9. The minimum atomic E-state index is -0.318. The molecule has 4 rings (SSSR count). The third-order valence-corrected chi connectivity index (χ3v) is 5.44. The lowest BCUT2D eigenvalue weighted by Gasteiger charge is -2.14. The van der Waals surface area contributed by atoms with Crippen molar-refractivity contribution in [2.45, 2.75) is 13.3 Å². The van der Waals surface area contributed by atoms with Crippen molar-refractivity contribution in [3.63, 3.8) is 0 Å². The van der Waals surface area contributed by atoms with E-state index in [4.69, 9.17) is 14.5 Å². The average Bonchev–Trinajstić information content (AvgIpc) is 2.89. The number of methoxy groups -OCH3 is 1. The maximum atomic E-state index is 13.2. The van der Waals surface area contributed by atoms with Crippen LogP contribution in [0.1, 0.15) is 28.4 Å². The minimum Gasteiger partial charge on any atom is -0.493 e. The van der Waals surface area contributed by atoms with Gasteiger partial charge >= 0.3 is 0 Å². The average molecular weight is 466 g/mol. The summed E-state index contributed by atoms with van der Waals surface area (Å²) in [5.74, 6) is 0.973. The summed E-state index contributed by atoms with van der Waals surface area (Å²) in [5.41, 5.74) is 7.27. The molecule has 6 heteroatoms. The van der Waals surface area contributed by atoms with E-state index in [0.717, 1.165) is 33.3 Å². The number of rotatable bonds is 9. The number of amides is 1. The van der Waals surface area contributed by atoms with E-state index >= 15 is 0 Å². The highest BCUT2D eigenvalue weighted by atomic mass is 16.5. The number of carbonyl (C=O) groups excluding carboxylic acids is 1. The Morgan fingerprint density at radius 3 is 2.60 bits per heavy atom. The standard InChI is InChI=1S/C29H27N3O3/c1-4-11-22-16-20(17-27(34-3)28(22)35-5-2)19-30-32-29(33)24-18-26(21-12-7-6-8-13-21)31-25-15-10-9-14-23(24)25/h4,6-10,12-19H,1,5,11H2,2-3H3,(H,32,33)/b30-19+. The van der Waals surface area contributed by atoms with Crippen molar-refractivity contribution in [3.05, 3.63) is 102 Å². The highest BCUT2D eigenvalue weighted by Gasteiger charge is 2.14. The number of hydrazone groups is 1. The van der Waals surface area contributed by atoms with E-state index in [-0.39, 0.29) is 5.91 Å². The number of benzene rings is 3. The van der Waals surface area contributed by atoms with Crippen LogP contribution in [-0.4, -0.2) is 30.8 Å². The van der Waals surface area contributed by atoms with Crippen LogP contribution >= 0.6 is 0 Å². The molecule has 1 N–H and O–H groups in total. The molecule has 0 saturated carbocycles. The van der Waals surface area contributed by atoms with Gasteiger partial charge in [0.15, 0.2) is 11.5 Å². The van der Waals surface area contributed by atoms with Crippen LogP contribution in [0, 0.1) is 0 Å². The number of allylic oxidation sites excluding steroid dienone is 1. The molecule has 0 aliphatic rings. The second kappa shape index (κ2) is 11.1. The summed E-state index contributed by atoms with van der Waals surface area (Å²) in [5, 5.41) is 4.97. The fourth-order valence-corrected chi connectivity index (χ4v) is 3.87. The molecule has 3 aromatic carbocycles. The molecule has 0 atom stereocenters. The Kier molecular flexibility index (Phi) is 7.53. The number of hydrogen-bond donors (Lipinski definition) is 1. The maximum absolute atomic E-state index is 13.2. The van der Waals surface area contributed by atoms with Gasteiger partial charge in [-0.2, -0.15) is 5.10 Å². The van der Waals surface area contributed by atoms with Crippen LogP contribution in [-0.2, 0) is 6.42 Å². The molecule has 0 saturated heterocycles. The van der Waals surface area contributed by atoms with Crippen molar-refractivity contribution in [3.8, 4) is 22.8 Å². The van der Waals surface area contributed by atoms with Gasteiger partial charge in [0.05, 0.1) is 36.7 Å². The second-order valence-corrected chi connectivity index (χ2v) is 7.77. The number of aromatic nitrogens is 1. The fourth-order valence-electron chi connectivity index (χ4n) is 3.87. The third kappa shape index (κ3) is 5.38. The zero-order valence-corrected chi connectivity index (χ0v) is 19.8. The Morgan fingerprint density at radius 1 is 1.09 bits per heavy atom. The van der Waals surface area contributed by atoms with Crippen molar-refractivity contribution in [1.82, 2.24) is 10.4 Å². The molecule has 6 nitrogen and oxygen atoms in total. The monoisotopic (exact) mass is 465 g/mol. The van der Waals surface area contributed by atoms with Gasteiger partial charge in [-0.25, -0.2) is 10.4 Å². The van der Waals surface area contributed by atoms with E-state index in [0.29, 0.717) is 30.1 Å². The Hall–Kier alpha value is -4.45. The van der Waals surface area contributed by atoms with Gasteiger partial charge in [-0.3, -0.25) is 4.79 Å². The molecule has 0 aliphatic heterocycles. The summed E-state index contributed by atoms with van der Waals surface area (Å²) in [7, 11) is 1.59. The number of fused-ring (bicyclic) bond motifs is 1. The Balaban J connectivity index is 1.63. The number of nitrogens with zero attached hydrogens (tertiary/aromatic N) is 2. The SMILES string of the molecule is C=CCc1cc(/C=N/NC(=O)c2cc(-c3ccccc3)nc3ccccc23)cc(OC)c1OCC. The van der Waals surface area contributed by atoms with E-state index in [9.17, 15) is 4.79 Å². The first-order valence-electron chi connectivity index (χ1n) is 11.4. The van der Waals surface area contributed by atoms with Crippen LogP contribution in [0.4, 0.5) is 0 Å². The molecule has 1 amide bonds. The smallest absolute Gasteiger partial charge is 0.272 e. The molecule has 0 unspecified atom stereocenters. The quantitative estimate of drug-likeness (QED) is 0.193. The zero-order valence-electron chi connectivity index (χ0n) is 19.8. The third-order valence-electron chi connectivity index (χ3n) is 5.44. The molecular formula is C29H27N3O3. The van der Waals surface area contributed by atoms with Crippen molar-refractivity contribution in [1.29, 1.82) is 0 Å². The van der Waals surface area contributed by atoms with Gasteiger partial charge in [-0.15, -0.1) is 6.58 Å². The van der Waals surface area contributed by atoms with E-state index in [1.54, 1.807) is 25.5 Å². The van der Waals surface area contributed by atoms with Crippen LogP contribution in [0.2, 0.25) is 0 Å². The maximum Gasteiger partial charge on any atom is 0.272 e. The molecular weight excluding hydrogens is 438 g/mol. The first kappa shape index (κ1) is 23.7. The molecule has 176 valence electrons. The number of pyridine rings is 1. The van der Waals surface area contributed by atoms with Crippen LogP contribution in [0.25, 0.3) is 22.2 Å². The van der Waals surface area contributed by atoms with Gasteiger partial charge in [-0.05, 0) is 43.2 Å². The summed E-state index contributed by atoms with van der Waals surface area (Å²) in [6, 6.07) is 22.9. The van der Waals surface area contributed by atoms with Crippen LogP contribution in [0.5, 0.6) is 11.5 Å². The highest BCUT2D eigenvalue weighted by molar-refractivity contribution is 6.07. The molecule has 35 heavy (non-hydrogen) atoms. The molecule has 0 aliphatic carbocycles. The van der Waals surface area contributed by atoms with Crippen LogP contribution in [0.15, 0.2) is 90.6 Å². The summed E-state index contributed by atoms with van der Waals surface area (Å²) >= 11 is 0. The van der Waals surface area contributed by atoms with Crippen molar-refractivity contribution in [2.24, 2.45) is 5.10 Å². The fraction of sp³-hybridized carbons (Fsp3) is 0.138. The van der Waals surface area contributed by atoms with Crippen LogP contribution in [0.3, 0.4) is 0 Å². The number of ether oxygens (including phenoxy) is 2. The van der Waals surface area contributed by atoms with Gasteiger partial charge in [0.25, 0.3) is 5.91 Å². The van der Waals surface area contributed by atoms with Gasteiger partial charge in [0.2, 0.25) is 0 Å². The largest absolute Gasteiger partial charge is 0.493 e. The molecule has 4 aromatic rings. The summed E-state index contributed by atoms with van der Waals surface area (Å²) < 4.78 is 11.3. The Labute approximate surface area is 204 Å². The van der Waals surface area contributed by atoms with E-state index in [1.165, 1.54) is 0 Å². The van der Waals surface area contributed by atoms with E-state index in [2.05, 4.69) is 17.1 Å². The topological polar surface area (TPSA) is 72.8 Å². The predicted molar refractivity (Wildman–Crippen MR) is 140 cm³/mol. The lowest BCUT2D eigenvalue weighted by molar-refractivity contribution is 0.0956. The lowest BCUT2D eigenvalue weighted by Crippen LogP contribution is -2.18. The lowest BCUT2D eigenvalue weighted by atomic mass is 10.0. The molecule has 1 aromatic heterocycles. The van der Waals surface area contributed by atoms with Gasteiger partial charge in [0.1, 0.15) is 0 Å². The predicted octanol–water partition coefficient (Wildman–Crippen LogP) is 5.80. The number of para-hydroxylation sites is 1. The van der Waals surface area contributed by atoms with Crippen molar-refractivity contribution < 1.29 is 14.3 Å². The van der Waals surface area contributed by atoms with Gasteiger partial charge in [0, 0.05) is 16.5 Å². The van der Waals surface area contributed by atoms with E-state index < -0.39 is 0 Å².